The number of carbonyl (C=O) groups excluding carboxylic acids is 1. The van der Waals surface area contributed by atoms with Gasteiger partial charge in [0.05, 0.1) is 28.1 Å². The number of phenols is 1. The molecule has 1 unspecified atom stereocenters. The van der Waals surface area contributed by atoms with Crippen molar-refractivity contribution in [3.05, 3.63) is 87.9 Å². The quantitative estimate of drug-likeness (QED) is 0.453. The number of amides is 1. The summed E-state index contributed by atoms with van der Waals surface area (Å²) >= 11 is 11.8. The lowest BCUT2D eigenvalue weighted by Crippen LogP contribution is -2.40. The predicted octanol–water partition coefficient (Wildman–Crippen LogP) is 3.28. The van der Waals surface area contributed by atoms with Gasteiger partial charge in [0, 0.05) is 43.6 Å². The molecule has 3 aromatic rings. The Bertz CT molecular complexity index is 965. The van der Waals surface area contributed by atoms with Gasteiger partial charge in [-0.05, 0) is 36.4 Å². The van der Waals surface area contributed by atoms with E-state index in [2.05, 4.69) is 15.3 Å². The molecule has 0 radical (unpaired) electrons. The van der Waals surface area contributed by atoms with Crippen LogP contribution in [0, 0.1) is 0 Å². The van der Waals surface area contributed by atoms with E-state index in [1.54, 1.807) is 12.4 Å². The van der Waals surface area contributed by atoms with E-state index < -0.39 is 12.0 Å². The minimum atomic E-state index is -0.867. The van der Waals surface area contributed by atoms with Gasteiger partial charge in [0.25, 0.3) is 5.91 Å². The summed E-state index contributed by atoms with van der Waals surface area (Å²) in [4.78, 5) is 23.1. The summed E-state index contributed by atoms with van der Waals surface area (Å²) in [6.07, 6.45) is 2.56. The fraction of sp³-hybridized carbons (Fsp3) is 0.227. The molecule has 9 heteroatoms. The molecule has 1 atom stereocenters. The number of nitrogens with zero attached hydrogens (tertiary/aromatic N) is 3. The number of pyridine rings is 2. The second-order valence-electron chi connectivity index (χ2n) is 6.96. The van der Waals surface area contributed by atoms with Gasteiger partial charge in [0.15, 0.2) is 0 Å². The predicted molar refractivity (Wildman–Crippen MR) is 119 cm³/mol. The highest BCUT2D eigenvalue weighted by molar-refractivity contribution is 6.36. The maximum Gasteiger partial charge on any atom is 0.255 e. The molecule has 1 aromatic carbocycles. The van der Waals surface area contributed by atoms with Crippen LogP contribution < -0.4 is 5.32 Å². The number of hydrogen-bond acceptors (Lipinski definition) is 6. The number of aliphatic hydroxyl groups is 1. The third kappa shape index (κ3) is 6.90. The lowest BCUT2D eigenvalue weighted by Gasteiger charge is -2.24. The molecule has 3 rings (SSSR count). The van der Waals surface area contributed by atoms with Crippen molar-refractivity contribution in [1.29, 1.82) is 0 Å². The highest BCUT2D eigenvalue weighted by atomic mass is 35.5. The standard InChI is InChI=1S/C22H22Cl2N4O3/c23-15-9-19(21(30)20(24)10-15)22(31)27-11-18(29)14-28(12-16-5-1-3-7-25-16)13-17-6-2-4-8-26-17/h1-10,18,29-30H,11-14H2,(H,27,31). The average molecular weight is 461 g/mol. The van der Waals surface area contributed by atoms with Crippen molar-refractivity contribution in [2.45, 2.75) is 19.2 Å². The minimum Gasteiger partial charge on any atom is -0.506 e. The lowest BCUT2D eigenvalue weighted by molar-refractivity contribution is 0.0831. The second kappa shape index (κ2) is 11.1. The van der Waals surface area contributed by atoms with Crippen molar-refractivity contribution in [3.63, 3.8) is 0 Å². The van der Waals surface area contributed by atoms with Crippen LogP contribution in [0.4, 0.5) is 0 Å². The molecule has 162 valence electrons. The topological polar surface area (TPSA) is 98.6 Å². The first-order chi connectivity index (χ1) is 14.9. The van der Waals surface area contributed by atoms with E-state index in [0.717, 1.165) is 11.4 Å². The molecule has 0 saturated carbocycles. The Morgan fingerprint density at radius 3 is 2.19 bits per heavy atom. The molecule has 0 aliphatic carbocycles. The van der Waals surface area contributed by atoms with Crippen molar-refractivity contribution in [2.24, 2.45) is 0 Å². The SMILES string of the molecule is O=C(NCC(O)CN(Cc1ccccn1)Cc1ccccn1)c1cc(Cl)cc(Cl)c1O. The van der Waals surface area contributed by atoms with Crippen molar-refractivity contribution in [3.8, 4) is 5.75 Å². The van der Waals surface area contributed by atoms with Gasteiger partial charge < -0.3 is 15.5 Å². The average Bonchev–Trinajstić information content (AvgIpc) is 2.76. The van der Waals surface area contributed by atoms with E-state index in [1.165, 1.54) is 12.1 Å². The molecule has 31 heavy (non-hydrogen) atoms. The Labute approximate surface area is 190 Å². The van der Waals surface area contributed by atoms with Crippen molar-refractivity contribution < 1.29 is 15.0 Å². The number of carbonyl (C=O) groups is 1. The van der Waals surface area contributed by atoms with E-state index >= 15 is 0 Å². The van der Waals surface area contributed by atoms with Crippen molar-refractivity contribution >= 4 is 29.1 Å². The molecule has 0 fully saturated rings. The Morgan fingerprint density at radius 2 is 1.65 bits per heavy atom. The summed E-state index contributed by atoms with van der Waals surface area (Å²) in [5.74, 6) is -0.938. The van der Waals surface area contributed by atoms with E-state index in [0.29, 0.717) is 13.1 Å². The van der Waals surface area contributed by atoms with Gasteiger partial charge in [-0.25, -0.2) is 0 Å². The number of benzene rings is 1. The molecule has 1 amide bonds. The van der Waals surface area contributed by atoms with Crippen LogP contribution in [-0.4, -0.2) is 50.2 Å². The van der Waals surface area contributed by atoms with Crippen LogP contribution in [-0.2, 0) is 13.1 Å². The number of nitrogens with one attached hydrogen (secondary N) is 1. The molecule has 0 aliphatic heterocycles. The van der Waals surface area contributed by atoms with Crippen LogP contribution in [0.5, 0.6) is 5.75 Å². The first kappa shape index (κ1) is 23.0. The summed E-state index contributed by atoms with van der Waals surface area (Å²) in [5, 5.41) is 23.3. The van der Waals surface area contributed by atoms with Gasteiger partial charge in [-0.2, -0.15) is 0 Å². The van der Waals surface area contributed by atoms with Gasteiger partial charge in [0.2, 0.25) is 0 Å². The molecule has 0 spiro atoms. The molecule has 2 aromatic heterocycles. The van der Waals surface area contributed by atoms with Crippen LogP contribution in [0.1, 0.15) is 21.7 Å². The number of aromatic nitrogens is 2. The Hall–Kier alpha value is -2.71. The van der Waals surface area contributed by atoms with Crippen LogP contribution >= 0.6 is 23.2 Å². The third-order valence-electron chi connectivity index (χ3n) is 4.46. The van der Waals surface area contributed by atoms with Crippen LogP contribution in [0.3, 0.4) is 0 Å². The smallest absolute Gasteiger partial charge is 0.255 e. The molecule has 3 N–H and O–H groups in total. The number of aliphatic hydroxyl groups excluding tert-OH is 1. The summed E-state index contributed by atoms with van der Waals surface area (Å²) in [5.41, 5.74) is 1.66. The lowest BCUT2D eigenvalue weighted by atomic mass is 10.2. The molecule has 0 saturated heterocycles. The number of phenolic OH excluding ortho intramolecular Hbond substituents is 1. The zero-order valence-electron chi connectivity index (χ0n) is 16.6. The highest BCUT2D eigenvalue weighted by Crippen LogP contribution is 2.31. The summed E-state index contributed by atoms with van der Waals surface area (Å²) in [6.45, 7) is 1.26. The van der Waals surface area contributed by atoms with Crippen molar-refractivity contribution in [1.82, 2.24) is 20.2 Å². The van der Waals surface area contributed by atoms with Gasteiger partial charge in [-0.15, -0.1) is 0 Å². The van der Waals surface area contributed by atoms with Gasteiger partial charge in [0.1, 0.15) is 5.75 Å². The Morgan fingerprint density at radius 1 is 1.03 bits per heavy atom. The van der Waals surface area contributed by atoms with Gasteiger partial charge in [-0.1, -0.05) is 35.3 Å². The second-order valence-corrected chi connectivity index (χ2v) is 7.80. The first-order valence-electron chi connectivity index (χ1n) is 9.59. The summed E-state index contributed by atoms with van der Waals surface area (Å²) in [7, 11) is 0. The number of rotatable bonds is 9. The van der Waals surface area contributed by atoms with E-state index in [-0.39, 0.29) is 34.4 Å². The normalized spacial score (nSPS) is 12.0. The number of halogens is 2. The molecule has 2 heterocycles. The molecular formula is C22H22Cl2N4O3. The number of hydrogen-bond donors (Lipinski definition) is 3. The fourth-order valence-electron chi connectivity index (χ4n) is 3.03. The zero-order valence-corrected chi connectivity index (χ0v) is 18.1. The van der Waals surface area contributed by atoms with Crippen molar-refractivity contribution in [2.75, 3.05) is 13.1 Å². The van der Waals surface area contributed by atoms with E-state index in [1.807, 2.05) is 41.3 Å². The maximum absolute atomic E-state index is 12.4. The maximum atomic E-state index is 12.4. The Balaban J connectivity index is 1.63. The minimum absolute atomic E-state index is 0.0184. The largest absolute Gasteiger partial charge is 0.506 e. The molecule has 0 bridgehead atoms. The summed E-state index contributed by atoms with van der Waals surface area (Å²) < 4.78 is 0. The van der Waals surface area contributed by atoms with Crippen LogP contribution in [0.2, 0.25) is 10.0 Å². The first-order valence-corrected chi connectivity index (χ1v) is 10.3. The zero-order chi connectivity index (χ0) is 22.2. The molecule has 7 nitrogen and oxygen atoms in total. The van der Waals surface area contributed by atoms with Crippen LogP contribution in [0.25, 0.3) is 0 Å². The van der Waals surface area contributed by atoms with E-state index in [4.69, 9.17) is 23.2 Å². The van der Waals surface area contributed by atoms with E-state index in [9.17, 15) is 15.0 Å². The Kier molecular flexibility index (Phi) is 8.20. The highest BCUT2D eigenvalue weighted by Gasteiger charge is 2.18. The molecule has 0 aliphatic rings. The fourth-order valence-corrected chi connectivity index (χ4v) is 3.53. The number of aromatic hydroxyl groups is 1. The monoisotopic (exact) mass is 460 g/mol. The summed E-state index contributed by atoms with van der Waals surface area (Å²) in [6, 6.07) is 14.0. The third-order valence-corrected chi connectivity index (χ3v) is 4.97. The van der Waals surface area contributed by atoms with Gasteiger partial charge in [-0.3, -0.25) is 19.7 Å². The van der Waals surface area contributed by atoms with Gasteiger partial charge >= 0.3 is 0 Å². The van der Waals surface area contributed by atoms with Crippen LogP contribution in [0.15, 0.2) is 60.9 Å². The molecular weight excluding hydrogens is 439 g/mol.